The van der Waals surface area contributed by atoms with Gasteiger partial charge in [0.1, 0.15) is 11.5 Å². The van der Waals surface area contributed by atoms with Gasteiger partial charge in [0.25, 0.3) is 5.91 Å². The van der Waals surface area contributed by atoms with Crippen LogP contribution in [0.5, 0.6) is 11.5 Å². The number of hydrogen-bond donors (Lipinski definition) is 3. The largest absolute Gasteiger partial charge is 0.508 e. The minimum Gasteiger partial charge on any atom is -0.508 e. The number of halogens is 1. The molecule has 5 nitrogen and oxygen atoms in total. The molecule has 0 radical (unpaired) electrons. The molecule has 0 spiro atoms. The molecule has 1 amide bonds. The zero-order valence-electron chi connectivity index (χ0n) is 11.2. The first kappa shape index (κ1) is 15.1. The number of hydrazone groups is 1. The molecule has 21 heavy (non-hydrogen) atoms. The van der Waals surface area contributed by atoms with E-state index in [9.17, 15) is 15.0 Å². The maximum absolute atomic E-state index is 11.9. The number of benzene rings is 2. The molecule has 0 aromatic heterocycles. The maximum Gasteiger partial charge on any atom is 0.271 e. The molecule has 0 aliphatic heterocycles. The average Bonchev–Trinajstić information content (AvgIpc) is 2.47. The molecule has 0 atom stereocenters. The Kier molecular flexibility index (Phi) is 4.59. The first-order chi connectivity index (χ1) is 9.97. The van der Waals surface area contributed by atoms with Crippen LogP contribution in [0.1, 0.15) is 22.8 Å². The maximum atomic E-state index is 11.9. The molecule has 0 fully saturated rings. The number of amides is 1. The third-order valence-corrected chi connectivity index (χ3v) is 3.28. The van der Waals surface area contributed by atoms with Crippen molar-refractivity contribution in [3.8, 4) is 11.5 Å². The molecule has 108 valence electrons. The Hall–Kier alpha value is -2.34. The molecule has 0 aliphatic carbocycles. The van der Waals surface area contributed by atoms with E-state index in [4.69, 9.17) is 0 Å². The van der Waals surface area contributed by atoms with Crippen molar-refractivity contribution in [3.05, 3.63) is 58.1 Å². The highest BCUT2D eigenvalue weighted by Gasteiger charge is 2.08. The summed E-state index contributed by atoms with van der Waals surface area (Å²) in [7, 11) is 0. The zero-order valence-corrected chi connectivity index (χ0v) is 12.8. The van der Waals surface area contributed by atoms with Gasteiger partial charge >= 0.3 is 0 Å². The van der Waals surface area contributed by atoms with Crippen LogP contribution in [0.2, 0.25) is 0 Å². The summed E-state index contributed by atoms with van der Waals surface area (Å²) in [6, 6.07) is 10.9. The van der Waals surface area contributed by atoms with Crippen molar-refractivity contribution in [2.45, 2.75) is 6.92 Å². The van der Waals surface area contributed by atoms with Gasteiger partial charge in [-0.2, -0.15) is 5.10 Å². The number of phenols is 2. The Labute approximate surface area is 130 Å². The summed E-state index contributed by atoms with van der Waals surface area (Å²) in [6.45, 7) is 1.67. The van der Waals surface area contributed by atoms with Crippen molar-refractivity contribution in [3.63, 3.8) is 0 Å². The van der Waals surface area contributed by atoms with E-state index in [1.807, 2.05) is 0 Å². The van der Waals surface area contributed by atoms with E-state index in [1.165, 1.54) is 18.2 Å². The van der Waals surface area contributed by atoms with Crippen LogP contribution in [0.3, 0.4) is 0 Å². The van der Waals surface area contributed by atoms with Gasteiger partial charge in [0, 0.05) is 15.6 Å². The van der Waals surface area contributed by atoms with Crippen molar-refractivity contribution < 1.29 is 15.0 Å². The lowest BCUT2D eigenvalue weighted by molar-refractivity contribution is 0.0954. The zero-order chi connectivity index (χ0) is 15.4. The highest BCUT2D eigenvalue weighted by atomic mass is 79.9. The van der Waals surface area contributed by atoms with Crippen LogP contribution in [-0.2, 0) is 0 Å². The lowest BCUT2D eigenvalue weighted by Crippen LogP contribution is -2.19. The summed E-state index contributed by atoms with van der Waals surface area (Å²) in [4.78, 5) is 11.9. The van der Waals surface area contributed by atoms with Crippen molar-refractivity contribution in [1.82, 2.24) is 5.43 Å². The topological polar surface area (TPSA) is 81.9 Å². The molecule has 6 heteroatoms. The van der Waals surface area contributed by atoms with Crippen LogP contribution in [-0.4, -0.2) is 21.8 Å². The minimum atomic E-state index is -0.445. The predicted octanol–water partition coefficient (Wildman–Crippen LogP) is 3.01. The number of nitrogens with one attached hydrogen (secondary N) is 1. The van der Waals surface area contributed by atoms with Crippen LogP contribution in [0.4, 0.5) is 0 Å². The molecule has 2 aromatic rings. The first-order valence-corrected chi connectivity index (χ1v) is 6.89. The van der Waals surface area contributed by atoms with Gasteiger partial charge in [0.2, 0.25) is 0 Å². The van der Waals surface area contributed by atoms with Crippen LogP contribution >= 0.6 is 15.9 Å². The molecule has 0 bridgehead atoms. The van der Waals surface area contributed by atoms with E-state index in [-0.39, 0.29) is 11.5 Å². The van der Waals surface area contributed by atoms with Crippen molar-refractivity contribution in [2.75, 3.05) is 0 Å². The van der Waals surface area contributed by atoms with Gasteiger partial charge in [-0.25, -0.2) is 5.43 Å². The fourth-order valence-electron chi connectivity index (χ4n) is 1.70. The van der Waals surface area contributed by atoms with Gasteiger partial charge in [0.15, 0.2) is 0 Å². The first-order valence-electron chi connectivity index (χ1n) is 6.10. The lowest BCUT2D eigenvalue weighted by atomic mass is 10.1. The standard InChI is InChI=1S/C15H13BrN2O3/c1-9(13-8-11(16)5-6-14(13)20)17-18-15(21)10-3-2-4-12(19)7-10/h2-8,19-20H,1H3,(H,18,21)/b17-9+. The number of phenolic OH excluding ortho intramolecular Hbond substituents is 2. The van der Waals surface area contributed by atoms with Gasteiger partial charge in [-0.1, -0.05) is 22.0 Å². The molecule has 0 aliphatic rings. The molecule has 2 rings (SSSR count). The third kappa shape index (κ3) is 3.82. The molecular formula is C15H13BrN2O3. The number of aromatic hydroxyl groups is 2. The van der Waals surface area contributed by atoms with Gasteiger partial charge in [0.05, 0.1) is 5.71 Å². The monoisotopic (exact) mass is 348 g/mol. The van der Waals surface area contributed by atoms with Crippen molar-refractivity contribution in [1.29, 1.82) is 0 Å². The second-order valence-electron chi connectivity index (χ2n) is 4.35. The van der Waals surface area contributed by atoms with Crippen LogP contribution in [0.15, 0.2) is 52.0 Å². The summed E-state index contributed by atoms with van der Waals surface area (Å²) in [6.07, 6.45) is 0. The van der Waals surface area contributed by atoms with Gasteiger partial charge in [-0.3, -0.25) is 4.79 Å². The summed E-state index contributed by atoms with van der Waals surface area (Å²) < 4.78 is 0.796. The molecule has 0 saturated heterocycles. The normalized spacial score (nSPS) is 11.2. The Morgan fingerprint density at radius 3 is 2.67 bits per heavy atom. The number of carbonyl (C=O) groups excluding carboxylic acids is 1. The number of nitrogens with zero attached hydrogens (tertiary/aromatic N) is 1. The summed E-state index contributed by atoms with van der Waals surface area (Å²) >= 11 is 3.31. The molecule has 0 saturated carbocycles. The van der Waals surface area contributed by atoms with Crippen molar-refractivity contribution >= 4 is 27.5 Å². The smallest absolute Gasteiger partial charge is 0.271 e. The van der Waals surface area contributed by atoms with Crippen LogP contribution < -0.4 is 5.43 Å². The Morgan fingerprint density at radius 1 is 1.19 bits per heavy atom. The fraction of sp³-hybridized carbons (Fsp3) is 0.0667. The second-order valence-corrected chi connectivity index (χ2v) is 5.27. The molecule has 2 aromatic carbocycles. The quantitative estimate of drug-likeness (QED) is 0.589. The minimum absolute atomic E-state index is 0.00739. The SMILES string of the molecule is C/C(=N\NC(=O)c1cccc(O)c1)c1cc(Br)ccc1O. The molecule has 0 heterocycles. The van der Waals surface area contributed by atoms with Gasteiger partial charge in [-0.05, 0) is 43.3 Å². The predicted molar refractivity (Wildman–Crippen MR) is 83.6 cm³/mol. The molecular weight excluding hydrogens is 336 g/mol. The highest BCUT2D eigenvalue weighted by molar-refractivity contribution is 9.10. The number of rotatable bonds is 3. The third-order valence-electron chi connectivity index (χ3n) is 2.78. The second kappa shape index (κ2) is 6.41. The fourth-order valence-corrected chi connectivity index (χ4v) is 2.07. The number of hydrogen-bond acceptors (Lipinski definition) is 4. The van der Waals surface area contributed by atoms with E-state index >= 15 is 0 Å². The highest BCUT2D eigenvalue weighted by Crippen LogP contribution is 2.22. The molecule has 3 N–H and O–H groups in total. The van der Waals surface area contributed by atoms with E-state index < -0.39 is 5.91 Å². The van der Waals surface area contributed by atoms with Gasteiger partial charge in [-0.15, -0.1) is 0 Å². The summed E-state index contributed by atoms with van der Waals surface area (Å²) in [5.41, 5.74) is 3.65. The Morgan fingerprint density at radius 2 is 1.95 bits per heavy atom. The van der Waals surface area contributed by atoms with Gasteiger partial charge < -0.3 is 10.2 Å². The van der Waals surface area contributed by atoms with Crippen LogP contribution in [0, 0.1) is 0 Å². The summed E-state index contributed by atoms with van der Waals surface area (Å²) in [5.74, 6) is -0.362. The number of carbonyl (C=O) groups is 1. The van der Waals surface area contributed by atoms with E-state index in [0.717, 1.165) is 4.47 Å². The van der Waals surface area contributed by atoms with Crippen LogP contribution in [0.25, 0.3) is 0 Å². The Bertz CT molecular complexity index is 714. The Balaban J connectivity index is 2.17. The van der Waals surface area contributed by atoms with E-state index in [2.05, 4.69) is 26.5 Å². The molecule has 0 unspecified atom stereocenters. The lowest BCUT2D eigenvalue weighted by Gasteiger charge is -2.06. The van der Waals surface area contributed by atoms with E-state index in [1.54, 1.807) is 31.2 Å². The summed E-state index contributed by atoms with van der Waals surface area (Å²) in [5, 5.41) is 23.1. The van der Waals surface area contributed by atoms with E-state index in [0.29, 0.717) is 16.8 Å². The van der Waals surface area contributed by atoms with Crippen molar-refractivity contribution in [2.24, 2.45) is 5.10 Å². The average molecular weight is 349 g/mol.